The summed E-state index contributed by atoms with van der Waals surface area (Å²) in [6, 6.07) is 5.03. The second kappa shape index (κ2) is 9.99. The van der Waals surface area contributed by atoms with Crippen molar-refractivity contribution in [3.63, 3.8) is 0 Å². The first-order valence-corrected chi connectivity index (χ1v) is 12.5. The summed E-state index contributed by atoms with van der Waals surface area (Å²) in [6.45, 7) is 6.68. The largest absolute Gasteiger partial charge is 0.339 e. The molecule has 0 aliphatic carbocycles. The zero-order valence-electron chi connectivity index (χ0n) is 19.4. The number of benzene rings is 1. The molecule has 1 saturated heterocycles. The SMILES string of the molecule is CCCCn1c(CCC(=O)N2CCN(C(C)=O)CC2)nc2cc(S(=O)(=O)N(C)C)ccc21. The number of aromatic nitrogens is 2. The highest BCUT2D eigenvalue weighted by Gasteiger charge is 2.23. The molecule has 0 saturated carbocycles. The van der Waals surface area contributed by atoms with Gasteiger partial charge in [0.15, 0.2) is 0 Å². The normalized spacial score (nSPS) is 15.0. The second-order valence-corrected chi connectivity index (χ2v) is 10.5. The van der Waals surface area contributed by atoms with E-state index < -0.39 is 10.0 Å². The summed E-state index contributed by atoms with van der Waals surface area (Å²) in [5.41, 5.74) is 1.51. The molecule has 1 aliphatic heterocycles. The lowest BCUT2D eigenvalue weighted by Crippen LogP contribution is -2.50. The molecule has 32 heavy (non-hydrogen) atoms. The lowest BCUT2D eigenvalue weighted by Gasteiger charge is -2.34. The standard InChI is InChI=1S/C22H33N5O4S/c1-5-6-11-27-20-8-7-18(32(30,31)24(3)4)16-19(20)23-21(27)9-10-22(29)26-14-12-25(13-15-26)17(2)28/h7-8,16H,5-6,9-15H2,1-4H3. The number of amides is 2. The Labute approximate surface area is 190 Å². The van der Waals surface area contributed by atoms with Crippen LogP contribution in [0.5, 0.6) is 0 Å². The molecule has 0 unspecified atom stereocenters. The molecule has 9 nitrogen and oxygen atoms in total. The molecule has 2 aromatic rings. The predicted molar refractivity (Wildman–Crippen MR) is 123 cm³/mol. The van der Waals surface area contributed by atoms with Crippen molar-refractivity contribution in [2.24, 2.45) is 0 Å². The van der Waals surface area contributed by atoms with Gasteiger partial charge in [0.2, 0.25) is 21.8 Å². The van der Waals surface area contributed by atoms with Crippen molar-refractivity contribution in [3.05, 3.63) is 24.0 Å². The highest BCUT2D eigenvalue weighted by molar-refractivity contribution is 7.89. The second-order valence-electron chi connectivity index (χ2n) is 8.36. The van der Waals surface area contributed by atoms with E-state index in [4.69, 9.17) is 4.98 Å². The molecule has 0 N–H and O–H groups in total. The van der Waals surface area contributed by atoms with Gasteiger partial charge in [0, 0.05) is 66.6 Å². The van der Waals surface area contributed by atoms with Gasteiger partial charge in [-0.3, -0.25) is 9.59 Å². The molecule has 1 fully saturated rings. The minimum absolute atomic E-state index is 0.0393. The summed E-state index contributed by atoms with van der Waals surface area (Å²) >= 11 is 0. The van der Waals surface area contributed by atoms with Crippen molar-refractivity contribution in [1.82, 2.24) is 23.7 Å². The Hall–Kier alpha value is -2.46. The molecule has 1 aliphatic rings. The summed E-state index contributed by atoms with van der Waals surface area (Å²) in [4.78, 5) is 32.7. The lowest BCUT2D eigenvalue weighted by molar-refractivity contribution is -0.138. The van der Waals surface area contributed by atoms with Crippen LogP contribution in [0, 0.1) is 0 Å². The minimum atomic E-state index is -3.54. The Balaban J connectivity index is 1.79. The van der Waals surface area contributed by atoms with Gasteiger partial charge in [-0.2, -0.15) is 0 Å². The van der Waals surface area contributed by atoms with E-state index in [0.717, 1.165) is 30.7 Å². The van der Waals surface area contributed by atoms with Crippen molar-refractivity contribution in [1.29, 1.82) is 0 Å². The maximum Gasteiger partial charge on any atom is 0.242 e. The molecule has 1 aromatic carbocycles. The van der Waals surface area contributed by atoms with E-state index in [1.165, 1.54) is 18.4 Å². The smallest absolute Gasteiger partial charge is 0.242 e. The first-order chi connectivity index (χ1) is 15.1. The molecular formula is C22H33N5O4S. The van der Waals surface area contributed by atoms with Crippen LogP contribution >= 0.6 is 0 Å². The Morgan fingerprint density at radius 1 is 1.09 bits per heavy atom. The number of nitrogens with zero attached hydrogens (tertiary/aromatic N) is 5. The van der Waals surface area contributed by atoms with Gasteiger partial charge >= 0.3 is 0 Å². The topological polar surface area (TPSA) is 95.8 Å². The fraction of sp³-hybridized carbons (Fsp3) is 0.591. The minimum Gasteiger partial charge on any atom is -0.339 e. The van der Waals surface area contributed by atoms with Crippen molar-refractivity contribution in [2.75, 3.05) is 40.3 Å². The Morgan fingerprint density at radius 3 is 2.34 bits per heavy atom. The number of carbonyl (C=O) groups excluding carboxylic acids is 2. The van der Waals surface area contributed by atoms with Gasteiger partial charge in [0.25, 0.3) is 0 Å². The van der Waals surface area contributed by atoms with E-state index in [0.29, 0.717) is 44.5 Å². The number of hydrogen-bond donors (Lipinski definition) is 0. The molecule has 2 heterocycles. The van der Waals surface area contributed by atoms with E-state index in [-0.39, 0.29) is 16.7 Å². The van der Waals surface area contributed by atoms with Crippen LogP contribution in [-0.2, 0) is 32.6 Å². The van der Waals surface area contributed by atoms with Gasteiger partial charge < -0.3 is 14.4 Å². The molecule has 2 amide bonds. The van der Waals surface area contributed by atoms with E-state index in [2.05, 4.69) is 11.5 Å². The zero-order chi connectivity index (χ0) is 23.5. The summed E-state index contributed by atoms with van der Waals surface area (Å²) in [6.07, 6.45) is 2.81. The molecule has 0 radical (unpaired) electrons. The molecule has 10 heteroatoms. The van der Waals surface area contributed by atoms with Gasteiger partial charge in [0.05, 0.1) is 15.9 Å². The number of sulfonamides is 1. The van der Waals surface area contributed by atoms with E-state index >= 15 is 0 Å². The molecule has 0 bridgehead atoms. The number of aryl methyl sites for hydroxylation is 2. The van der Waals surface area contributed by atoms with Crippen LogP contribution in [0.2, 0.25) is 0 Å². The Kier molecular flexibility index (Phi) is 7.55. The van der Waals surface area contributed by atoms with Gasteiger partial charge in [-0.1, -0.05) is 13.3 Å². The molecule has 3 rings (SSSR count). The van der Waals surface area contributed by atoms with Gasteiger partial charge in [0.1, 0.15) is 5.82 Å². The average molecular weight is 464 g/mol. The molecule has 1 aromatic heterocycles. The average Bonchev–Trinajstić information content (AvgIpc) is 3.12. The van der Waals surface area contributed by atoms with E-state index in [1.54, 1.807) is 34.9 Å². The monoisotopic (exact) mass is 463 g/mol. The third-order valence-electron chi connectivity index (χ3n) is 5.95. The van der Waals surface area contributed by atoms with Crippen molar-refractivity contribution in [3.8, 4) is 0 Å². The third-order valence-corrected chi connectivity index (χ3v) is 7.76. The molecular weight excluding hydrogens is 430 g/mol. The fourth-order valence-electron chi connectivity index (χ4n) is 3.93. The zero-order valence-corrected chi connectivity index (χ0v) is 20.2. The number of fused-ring (bicyclic) bond motifs is 1. The summed E-state index contributed by atoms with van der Waals surface area (Å²) in [5, 5.41) is 0. The summed E-state index contributed by atoms with van der Waals surface area (Å²) < 4.78 is 28.3. The first-order valence-electron chi connectivity index (χ1n) is 11.1. The van der Waals surface area contributed by atoms with E-state index in [9.17, 15) is 18.0 Å². The van der Waals surface area contributed by atoms with Crippen molar-refractivity contribution in [2.45, 2.75) is 51.0 Å². The number of carbonyl (C=O) groups is 2. The first kappa shape index (κ1) is 24.2. The van der Waals surface area contributed by atoms with Crippen LogP contribution in [0.3, 0.4) is 0 Å². The number of hydrogen-bond acceptors (Lipinski definition) is 5. The summed E-state index contributed by atoms with van der Waals surface area (Å²) in [5.74, 6) is 0.888. The maximum absolute atomic E-state index is 12.7. The highest BCUT2D eigenvalue weighted by atomic mass is 32.2. The van der Waals surface area contributed by atoms with Crippen LogP contribution in [0.1, 0.15) is 38.9 Å². The molecule has 0 atom stereocenters. The number of rotatable bonds is 8. The third kappa shape index (κ3) is 5.12. The number of unbranched alkanes of at least 4 members (excludes halogenated alkanes) is 1. The quantitative estimate of drug-likeness (QED) is 0.594. The van der Waals surface area contributed by atoms with Crippen molar-refractivity contribution < 1.29 is 18.0 Å². The maximum atomic E-state index is 12.7. The van der Waals surface area contributed by atoms with Crippen LogP contribution in [0.15, 0.2) is 23.1 Å². The Bertz CT molecular complexity index is 1090. The molecule has 176 valence electrons. The van der Waals surface area contributed by atoms with Crippen LogP contribution in [0.4, 0.5) is 0 Å². The van der Waals surface area contributed by atoms with Gasteiger partial charge in [-0.15, -0.1) is 0 Å². The van der Waals surface area contributed by atoms with Gasteiger partial charge in [-0.05, 0) is 24.6 Å². The van der Waals surface area contributed by atoms with Crippen LogP contribution in [0.25, 0.3) is 11.0 Å². The lowest BCUT2D eigenvalue weighted by atomic mass is 10.2. The van der Waals surface area contributed by atoms with Crippen LogP contribution in [-0.4, -0.2) is 84.2 Å². The van der Waals surface area contributed by atoms with Crippen LogP contribution < -0.4 is 0 Å². The number of piperazine rings is 1. The fourth-order valence-corrected chi connectivity index (χ4v) is 4.86. The van der Waals surface area contributed by atoms with E-state index in [1.807, 2.05) is 0 Å². The summed E-state index contributed by atoms with van der Waals surface area (Å²) in [7, 11) is -0.531. The highest BCUT2D eigenvalue weighted by Crippen LogP contribution is 2.23. The van der Waals surface area contributed by atoms with Crippen molar-refractivity contribution >= 4 is 32.9 Å². The Morgan fingerprint density at radius 2 is 1.75 bits per heavy atom. The van der Waals surface area contributed by atoms with Gasteiger partial charge in [-0.25, -0.2) is 17.7 Å². The number of imidazole rings is 1. The molecule has 0 spiro atoms. The predicted octanol–water partition coefficient (Wildman–Crippen LogP) is 1.71.